The monoisotopic (exact) mass is 536 g/mol. The minimum atomic E-state index is -1.15. The van der Waals surface area contributed by atoms with E-state index in [1.807, 2.05) is 24.3 Å². The number of carbonyl (C=O) groups excluding carboxylic acids is 4. The number of nitrogens with one attached hydrogen (secondary N) is 4. The van der Waals surface area contributed by atoms with Gasteiger partial charge in [-0.15, -0.1) is 0 Å². The zero-order chi connectivity index (χ0) is 28.4. The fraction of sp³-hybridized carbons (Fsp3) is 0.296. The molecule has 0 aliphatic heterocycles. The molecule has 0 bridgehead atoms. The summed E-state index contributed by atoms with van der Waals surface area (Å²) in [6, 6.07) is 13.0. The minimum Gasteiger partial charge on any atom is -0.481 e. The Morgan fingerprint density at radius 1 is 0.795 bits per heavy atom. The first-order chi connectivity index (χ1) is 18.7. The molecule has 0 fully saturated rings. The number of nitrogens with two attached hydrogens (primary N) is 2. The van der Waals surface area contributed by atoms with Gasteiger partial charge in [0.2, 0.25) is 23.6 Å². The average molecular weight is 537 g/mol. The zero-order valence-corrected chi connectivity index (χ0v) is 21.2. The van der Waals surface area contributed by atoms with Crippen LogP contribution >= 0.6 is 0 Å². The lowest BCUT2D eigenvalue weighted by atomic mass is 10.0. The van der Waals surface area contributed by atoms with Crippen LogP contribution in [0, 0.1) is 0 Å². The first kappa shape index (κ1) is 28.9. The number of para-hydroxylation sites is 1. The largest absolute Gasteiger partial charge is 0.481 e. The molecule has 0 radical (unpaired) electrons. The van der Waals surface area contributed by atoms with Gasteiger partial charge in [0.05, 0.1) is 6.42 Å². The van der Waals surface area contributed by atoms with Crippen LogP contribution < -0.4 is 27.4 Å². The van der Waals surface area contributed by atoms with Gasteiger partial charge in [-0.1, -0.05) is 48.5 Å². The van der Waals surface area contributed by atoms with Crippen molar-refractivity contribution in [2.45, 2.75) is 43.8 Å². The van der Waals surface area contributed by atoms with Crippen LogP contribution in [-0.2, 0) is 36.8 Å². The highest BCUT2D eigenvalue weighted by Gasteiger charge is 2.29. The number of aromatic nitrogens is 1. The summed E-state index contributed by atoms with van der Waals surface area (Å²) in [4.78, 5) is 64.9. The van der Waals surface area contributed by atoms with Gasteiger partial charge in [-0.2, -0.15) is 0 Å². The summed E-state index contributed by atoms with van der Waals surface area (Å²) in [6.07, 6.45) is 1.15. The number of carboxylic acids is 1. The molecule has 1 aromatic heterocycles. The van der Waals surface area contributed by atoms with Crippen molar-refractivity contribution < 1.29 is 29.1 Å². The predicted octanol–water partition coefficient (Wildman–Crippen LogP) is -0.284. The summed E-state index contributed by atoms with van der Waals surface area (Å²) in [6.45, 7) is -0.226. The molecular weight excluding hydrogens is 504 g/mol. The summed E-state index contributed by atoms with van der Waals surface area (Å²) >= 11 is 0. The van der Waals surface area contributed by atoms with Crippen molar-refractivity contribution in [3.05, 3.63) is 71.9 Å². The van der Waals surface area contributed by atoms with Crippen LogP contribution in [-0.4, -0.2) is 64.4 Å². The van der Waals surface area contributed by atoms with Crippen LogP contribution in [0.15, 0.2) is 60.8 Å². The number of carbonyl (C=O) groups is 5. The van der Waals surface area contributed by atoms with Gasteiger partial charge in [0.25, 0.3) is 0 Å². The molecule has 3 atom stereocenters. The second-order valence-electron chi connectivity index (χ2n) is 9.03. The Balaban J connectivity index is 1.85. The molecule has 4 amide bonds. The van der Waals surface area contributed by atoms with Crippen LogP contribution in [0.25, 0.3) is 10.9 Å². The quantitative estimate of drug-likeness (QED) is 0.146. The van der Waals surface area contributed by atoms with Gasteiger partial charge in [-0.3, -0.25) is 24.0 Å². The van der Waals surface area contributed by atoms with E-state index in [-0.39, 0.29) is 25.8 Å². The summed E-state index contributed by atoms with van der Waals surface area (Å²) in [5.74, 6) is -3.93. The molecule has 12 heteroatoms. The van der Waals surface area contributed by atoms with Gasteiger partial charge >= 0.3 is 5.97 Å². The molecule has 3 aromatic rings. The number of carboxylic acid groups (broad SMARTS) is 1. The van der Waals surface area contributed by atoms with Crippen molar-refractivity contribution in [3.63, 3.8) is 0 Å². The molecule has 0 aliphatic rings. The van der Waals surface area contributed by atoms with E-state index in [0.717, 1.165) is 22.0 Å². The maximum Gasteiger partial charge on any atom is 0.303 e. The van der Waals surface area contributed by atoms with Gasteiger partial charge in [0.15, 0.2) is 0 Å². The molecule has 0 spiro atoms. The molecule has 1 heterocycles. The van der Waals surface area contributed by atoms with E-state index >= 15 is 0 Å². The number of aliphatic carboxylic acids is 1. The van der Waals surface area contributed by atoms with E-state index in [1.165, 1.54) is 0 Å². The summed E-state index contributed by atoms with van der Waals surface area (Å²) < 4.78 is 0. The van der Waals surface area contributed by atoms with Gasteiger partial charge in [-0.05, 0) is 17.2 Å². The number of benzene rings is 2. The lowest BCUT2D eigenvalue weighted by Gasteiger charge is -2.24. The maximum atomic E-state index is 13.5. The second kappa shape index (κ2) is 13.7. The molecule has 39 heavy (non-hydrogen) atoms. The Morgan fingerprint density at radius 3 is 2.05 bits per heavy atom. The number of aromatic amines is 1. The normalized spacial score (nSPS) is 13.2. The van der Waals surface area contributed by atoms with Gasteiger partial charge in [0, 0.05) is 42.9 Å². The highest BCUT2D eigenvalue weighted by Crippen LogP contribution is 2.19. The molecule has 2 aromatic carbocycles. The van der Waals surface area contributed by atoms with Gasteiger partial charge in [-0.25, -0.2) is 0 Å². The molecule has 9 N–H and O–H groups in total. The van der Waals surface area contributed by atoms with Crippen molar-refractivity contribution in [2.24, 2.45) is 11.5 Å². The summed E-state index contributed by atoms with van der Waals surface area (Å²) in [5, 5.41) is 17.5. The number of fused-ring (bicyclic) bond motifs is 1. The molecule has 3 rings (SSSR count). The number of primary amides is 1. The zero-order valence-electron chi connectivity index (χ0n) is 21.2. The summed E-state index contributed by atoms with van der Waals surface area (Å²) in [5.41, 5.74) is 13.2. The fourth-order valence-corrected chi connectivity index (χ4v) is 4.07. The van der Waals surface area contributed by atoms with E-state index in [9.17, 15) is 24.0 Å². The first-order valence-electron chi connectivity index (χ1n) is 12.4. The van der Waals surface area contributed by atoms with Crippen molar-refractivity contribution in [1.29, 1.82) is 0 Å². The van der Waals surface area contributed by atoms with Crippen LogP contribution in [0.5, 0.6) is 0 Å². The first-order valence-corrected chi connectivity index (χ1v) is 12.4. The topological polar surface area (TPSA) is 209 Å². The van der Waals surface area contributed by atoms with E-state index in [1.54, 1.807) is 36.5 Å². The fourth-order valence-electron chi connectivity index (χ4n) is 4.07. The third-order valence-corrected chi connectivity index (χ3v) is 6.13. The number of rotatable bonds is 14. The Bertz CT molecular complexity index is 1320. The molecule has 0 saturated carbocycles. The molecule has 0 unspecified atom stereocenters. The Kier molecular flexibility index (Phi) is 10.2. The molecule has 12 nitrogen and oxygen atoms in total. The summed E-state index contributed by atoms with van der Waals surface area (Å²) in [7, 11) is 0. The molecule has 206 valence electrons. The van der Waals surface area contributed by atoms with Crippen molar-refractivity contribution in [2.75, 3.05) is 6.54 Å². The van der Waals surface area contributed by atoms with Crippen LogP contribution in [0.4, 0.5) is 0 Å². The van der Waals surface area contributed by atoms with E-state index in [0.29, 0.717) is 0 Å². The maximum absolute atomic E-state index is 13.5. The SMILES string of the molecule is NC[C@H](NC(=O)[C@H](Cc1ccccc1)NC(=O)[C@H](Cc1c[nH]c2ccccc12)NC(=O)CCC(=O)O)C(N)=O. The highest BCUT2D eigenvalue weighted by atomic mass is 16.4. The van der Waals surface area contributed by atoms with Crippen molar-refractivity contribution >= 4 is 40.5 Å². The number of hydrogen-bond acceptors (Lipinski definition) is 6. The average Bonchev–Trinajstić information content (AvgIpc) is 3.32. The standard InChI is InChI=1S/C27H32N6O6/c28-14-22(25(29)37)33-26(38)20(12-16-6-2-1-3-7-16)32-27(39)21(31-23(34)10-11-24(35)36)13-17-15-30-19-9-5-4-8-18(17)19/h1-9,15,20-22,30H,10-14,28H2,(H2,29,37)(H,31,34)(H,32,39)(H,33,38)(H,35,36)/t20-,21-,22-/m0/s1. The Hall–Kier alpha value is -4.71. The molecule has 0 aliphatic carbocycles. The van der Waals surface area contributed by atoms with Crippen molar-refractivity contribution in [3.8, 4) is 0 Å². The van der Waals surface area contributed by atoms with Gasteiger partial charge in [0.1, 0.15) is 18.1 Å². The van der Waals surface area contributed by atoms with E-state index in [2.05, 4.69) is 20.9 Å². The van der Waals surface area contributed by atoms with Crippen LogP contribution in [0.1, 0.15) is 24.0 Å². The van der Waals surface area contributed by atoms with E-state index in [4.69, 9.17) is 16.6 Å². The smallest absolute Gasteiger partial charge is 0.303 e. The van der Waals surface area contributed by atoms with Crippen LogP contribution in [0.3, 0.4) is 0 Å². The van der Waals surface area contributed by atoms with Crippen LogP contribution in [0.2, 0.25) is 0 Å². The molecular formula is C27H32N6O6. The third kappa shape index (κ3) is 8.40. The highest BCUT2D eigenvalue weighted by molar-refractivity contribution is 5.95. The predicted molar refractivity (Wildman–Crippen MR) is 143 cm³/mol. The third-order valence-electron chi connectivity index (χ3n) is 6.13. The lowest BCUT2D eigenvalue weighted by molar-refractivity contribution is -0.139. The second-order valence-corrected chi connectivity index (χ2v) is 9.03. The molecule has 0 saturated heterocycles. The number of H-pyrrole nitrogens is 1. The van der Waals surface area contributed by atoms with E-state index < -0.39 is 54.1 Å². The Morgan fingerprint density at radius 2 is 1.41 bits per heavy atom. The number of amides is 4. The number of hydrogen-bond donors (Lipinski definition) is 7. The van der Waals surface area contributed by atoms with Crippen molar-refractivity contribution in [1.82, 2.24) is 20.9 Å². The Labute approximate surface area is 224 Å². The lowest BCUT2D eigenvalue weighted by Crippen LogP contribution is -2.58. The minimum absolute atomic E-state index is 0.0705. The van der Waals surface area contributed by atoms with Gasteiger partial charge < -0.3 is 37.5 Å².